The Morgan fingerprint density at radius 1 is 1.53 bits per heavy atom. The molecule has 0 unspecified atom stereocenters. The molecule has 0 saturated carbocycles. The first-order chi connectivity index (χ1) is 7.76. The van der Waals surface area contributed by atoms with Gasteiger partial charge in [0.15, 0.2) is 5.96 Å². The lowest BCUT2D eigenvalue weighted by Crippen LogP contribution is -2.38. The van der Waals surface area contributed by atoms with Gasteiger partial charge in [0.05, 0.1) is 9.43 Å². The quantitative estimate of drug-likeness (QED) is 0.304. The predicted molar refractivity (Wildman–Crippen MR) is 94.4 cm³/mol. The van der Waals surface area contributed by atoms with E-state index in [0.717, 1.165) is 18.9 Å². The molecule has 0 bridgehead atoms. The maximum Gasteiger partial charge on any atom is 0.191 e. The maximum atomic E-state index is 5.16. The minimum atomic E-state index is 0. The highest BCUT2D eigenvalue weighted by atomic mass is 127. The van der Waals surface area contributed by atoms with Crippen molar-refractivity contribution in [3.8, 4) is 12.3 Å². The number of terminal acetylenes is 1. The second-order valence-corrected chi connectivity index (χ2v) is 6.08. The normalized spacial score (nSPS) is 10.3. The fraction of sp³-hybridized carbons (Fsp3) is 0.364. The van der Waals surface area contributed by atoms with E-state index in [4.69, 9.17) is 6.42 Å². The van der Waals surface area contributed by atoms with Crippen molar-refractivity contribution in [2.24, 2.45) is 4.99 Å². The number of nitrogens with one attached hydrogen (secondary N) is 2. The van der Waals surface area contributed by atoms with E-state index in [9.17, 15) is 0 Å². The molecule has 94 valence electrons. The highest BCUT2D eigenvalue weighted by molar-refractivity contribution is 14.1. The van der Waals surface area contributed by atoms with Crippen LogP contribution in [-0.4, -0.2) is 26.1 Å². The molecule has 1 aromatic rings. The molecule has 0 saturated heterocycles. The maximum absolute atomic E-state index is 5.16. The van der Waals surface area contributed by atoms with Gasteiger partial charge in [-0.2, -0.15) is 0 Å². The molecule has 0 fully saturated rings. The van der Waals surface area contributed by atoms with Gasteiger partial charge in [-0.15, -0.1) is 41.7 Å². The summed E-state index contributed by atoms with van der Waals surface area (Å²) in [5.41, 5.74) is 0. The van der Waals surface area contributed by atoms with E-state index >= 15 is 0 Å². The highest BCUT2D eigenvalue weighted by Gasteiger charge is 1.99. The summed E-state index contributed by atoms with van der Waals surface area (Å²) >= 11 is 4.15. The van der Waals surface area contributed by atoms with Gasteiger partial charge in [-0.1, -0.05) is 5.92 Å². The van der Waals surface area contributed by atoms with Gasteiger partial charge in [-0.05, 0) is 41.1 Å². The van der Waals surface area contributed by atoms with E-state index in [1.54, 1.807) is 7.05 Å². The van der Waals surface area contributed by atoms with Crippen LogP contribution in [0.4, 0.5) is 0 Å². The van der Waals surface area contributed by atoms with Crippen LogP contribution in [0.15, 0.2) is 17.1 Å². The van der Waals surface area contributed by atoms with Crippen molar-refractivity contribution in [2.75, 3.05) is 20.1 Å². The molecular weight excluding hydrogens is 460 g/mol. The summed E-state index contributed by atoms with van der Waals surface area (Å²) in [6, 6.07) is 4.29. The molecule has 0 aromatic carbocycles. The van der Waals surface area contributed by atoms with Crippen LogP contribution in [0.1, 0.15) is 4.88 Å². The molecule has 0 aliphatic carbocycles. The van der Waals surface area contributed by atoms with Crippen LogP contribution in [0.3, 0.4) is 0 Å². The predicted octanol–water partition coefficient (Wildman–Crippen LogP) is 2.31. The molecular formula is C11H15I2N3S. The summed E-state index contributed by atoms with van der Waals surface area (Å²) in [6.45, 7) is 1.36. The fourth-order valence-electron chi connectivity index (χ4n) is 1.15. The zero-order chi connectivity index (χ0) is 11.8. The molecule has 1 rings (SSSR count). The third kappa shape index (κ3) is 7.10. The SMILES string of the molecule is C#CCNC(=NC)NCCc1ccc(I)s1.I. The van der Waals surface area contributed by atoms with E-state index in [1.165, 1.54) is 7.76 Å². The molecule has 0 radical (unpaired) electrons. The van der Waals surface area contributed by atoms with E-state index < -0.39 is 0 Å². The standard InChI is InChI=1S/C11H14IN3S.HI/c1-3-7-14-11(13-2)15-8-6-9-4-5-10(12)16-9;/h1,4-5H,6-8H2,2H3,(H2,13,14,15);1H. The molecule has 1 heterocycles. The Morgan fingerprint density at radius 2 is 2.29 bits per heavy atom. The number of aliphatic imine (C=N–C) groups is 1. The highest BCUT2D eigenvalue weighted by Crippen LogP contribution is 2.18. The molecule has 17 heavy (non-hydrogen) atoms. The lowest BCUT2D eigenvalue weighted by Gasteiger charge is -2.08. The molecule has 0 atom stereocenters. The van der Waals surface area contributed by atoms with Gasteiger partial charge in [-0.3, -0.25) is 4.99 Å². The average molecular weight is 475 g/mol. The molecule has 0 aliphatic rings. The van der Waals surface area contributed by atoms with Crippen LogP contribution in [0.25, 0.3) is 0 Å². The van der Waals surface area contributed by atoms with Gasteiger partial charge in [0, 0.05) is 18.5 Å². The van der Waals surface area contributed by atoms with Crippen molar-refractivity contribution in [1.29, 1.82) is 0 Å². The third-order valence-electron chi connectivity index (χ3n) is 1.87. The summed E-state index contributed by atoms with van der Waals surface area (Å²) in [5, 5.41) is 6.22. The van der Waals surface area contributed by atoms with E-state index in [2.05, 4.69) is 56.3 Å². The second-order valence-electron chi connectivity index (χ2n) is 3.01. The summed E-state index contributed by atoms with van der Waals surface area (Å²) in [4.78, 5) is 5.44. The Labute approximate surface area is 137 Å². The van der Waals surface area contributed by atoms with Crippen molar-refractivity contribution < 1.29 is 0 Å². The van der Waals surface area contributed by atoms with Crippen LogP contribution in [-0.2, 0) is 6.42 Å². The molecule has 0 spiro atoms. The first kappa shape index (κ1) is 17.0. The topological polar surface area (TPSA) is 36.4 Å². The monoisotopic (exact) mass is 475 g/mol. The van der Waals surface area contributed by atoms with Crippen molar-refractivity contribution in [3.05, 3.63) is 19.9 Å². The lowest BCUT2D eigenvalue weighted by atomic mass is 10.3. The van der Waals surface area contributed by atoms with Gasteiger partial charge >= 0.3 is 0 Å². The van der Waals surface area contributed by atoms with Crippen molar-refractivity contribution in [1.82, 2.24) is 10.6 Å². The Balaban J connectivity index is 0.00000256. The molecule has 6 heteroatoms. The van der Waals surface area contributed by atoms with Gasteiger partial charge < -0.3 is 10.6 Å². The number of rotatable bonds is 4. The van der Waals surface area contributed by atoms with Gasteiger partial charge in [0.2, 0.25) is 0 Å². The first-order valence-electron chi connectivity index (χ1n) is 4.88. The largest absolute Gasteiger partial charge is 0.356 e. The number of hydrogen-bond acceptors (Lipinski definition) is 2. The van der Waals surface area contributed by atoms with Gasteiger partial charge in [-0.25, -0.2) is 0 Å². The fourth-order valence-corrected chi connectivity index (χ4v) is 2.90. The summed E-state index contributed by atoms with van der Waals surface area (Å²) in [6.07, 6.45) is 6.16. The zero-order valence-electron chi connectivity index (χ0n) is 9.50. The Bertz CT molecular complexity index is 396. The van der Waals surface area contributed by atoms with Crippen LogP contribution in [0.5, 0.6) is 0 Å². The minimum Gasteiger partial charge on any atom is -0.356 e. The molecule has 0 amide bonds. The molecule has 1 aromatic heterocycles. The van der Waals surface area contributed by atoms with Crippen molar-refractivity contribution in [3.63, 3.8) is 0 Å². The molecule has 2 N–H and O–H groups in total. The average Bonchev–Trinajstić information content (AvgIpc) is 2.69. The number of guanidine groups is 1. The van der Waals surface area contributed by atoms with Crippen LogP contribution >= 0.6 is 57.9 Å². The van der Waals surface area contributed by atoms with Crippen molar-refractivity contribution >= 4 is 63.9 Å². The van der Waals surface area contributed by atoms with Crippen LogP contribution in [0.2, 0.25) is 0 Å². The second kappa shape index (κ2) is 9.96. The Hall–Kier alpha value is -0.01000. The first-order valence-corrected chi connectivity index (χ1v) is 6.78. The number of nitrogens with zero attached hydrogens (tertiary/aromatic N) is 1. The summed E-state index contributed by atoms with van der Waals surface area (Å²) < 4.78 is 1.32. The number of hydrogen-bond donors (Lipinski definition) is 2. The van der Waals surface area contributed by atoms with Crippen LogP contribution in [0, 0.1) is 15.2 Å². The van der Waals surface area contributed by atoms with Gasteiger partial charge in [0.25, 0.3) is 0 Å². The number of halogens is 2. The van der Waals surface area contributed by atoms with Crippen molar-refractivity contribution in [2.45, 2.75) is 6.42 Å². The van der Waals surface area contributed by atoms with E-state index in [0.29, 0.717) is 6.54 Å². The zero-order valence-corrected chi connectivity index (χ0v) is 14.8. The van der Waals surface area contributed by atoms with E-state index in [-0.39, 0.29) is 24.0 Å². The number of thiophene rings is 1. The van der Waals surface area contributed by atoms with Gasteiger partial charge in [0.1, 0.15) is 0 Å². The van der Waals surface area contributed by atoms with E-state index in [1.807, 2.05) is 11.3 Å². The molecule has 0 aliphatic heterocycles. The summed E-state index contributed by atoms with van der Waals surface area (Å²) in [5.74, 6) is 3.27. The Kier molecular flexibility index (Phi) is 9.96. The minimum absolute atomic E-state index is 0. The lowest BCUT2D eigenvalue weighted by molar-refractivity contribution is 0.832. The molecule has 3 nitrogen and oxygen atoms in total. The smallest absolute Gasteiger partial charge is 0.191 e. The Morgan fingerprint density at radius 3 is 2.82 bits per heavy atom. The van der Waals surface area contributed by atoms with Crippen LogP contribution < -0.4 is 10.6 Å². The third-order valence-corrected chi connectivity index (χ3v) is 3.83. The summed E-state index contributed by atoms with van der Waals surface area (Å²) in [7, 11) is 1.74.